The van der Waals surface area contributed by atoms with Gasteiger partial charge in [0.05, 0.1) is 4.90 Å². The van der Waals surface area contributed by atoms with Crippen molar-refractivity contribution < 1.29 is 8.42 Å². The zero-order valence-corrected chi connectivity index (χ0v) is 20.4. The van der Waals surface area contributed by atoms with E-state index in [0.717, 1.165) is 48.8 Å². The van der Waals surface area contributed by atoms with Crippen molar-refractivity contribution >= 4 is 26.0 Å². The van der Waals surface area contributed by atoms with E-state index in [1.165, 1.54) is 0 Å². The summed E-state index contributed by atoms with van der Waals surface area (Å²) in [5, 5.41) is 14.0. The Morgan fingerprint density at radius 3 is 2.68 bits per heavy atom. The number of rotatable bonds is 9. The van der Waals surface area contributed by atoms with Crippen LogP contribution in [-0.4, -0.2) is 35.1 Å². The van der Waals surface area contributed by atoms with Gasteiger partial charge in [-0.3, -0.25) is 0 Å². The lowest BCUT2D eigenvalue weighted by Crippen LogP contribution is -2.63. The van der Waals surface area contributed by atoms with Crippen LogP contribution in [0.4, 0.5) is 0 Å². The molecule has 168 valence electrons. The number of nitrogens with one attached hydrogen (secondary N) is 2. The Morgan fingerprint density at radius 2 is 2.00 bits per heavy atom. The Kier molecular flexibility index (Phi) is 6.65. The molecule has 0 saturated heterocycles. The molecule has 0 aliphatic heterocycles. The summed E-state index contributed by atoms with van der Waals surface area (Å²) < 4.78 is 30.2. The van der Waals surface area contributed by atoms with Gasteiger partial charge in [-0.25, -0.2) is 13.1 Å². The van der Waals surface area contributed by atoms with Gasteiger partial charge in [0.15, 0.2) is 5.82 Å². The number of H-pyrrole nitrogens is 1. The highest BCUT2D eigenvalue weighted by molar-refractivity contribution is 9.10. The fourth-order valence-corrected chi connectivity index (χ4v) is 6.85. The fourth-order valence-electron chi connectivity index (χ4n) is 5.24. The van der Waals surface area contributed by atoms with E-state index in [-0.39, 0.29) is 11.5 Å². The third kappa shape index (κ3) is 4.93. The van der Waals surface area contributed by atoms with Crippen molar-refractivity contribution in [3.63, 3.8) is 0 Å². The van der Waals surface area contributed by atoms with Gasteiger partial charge in [-0.2, -0.15) is 5.21 Å². The summed E-state index contributed by atoms with van der Waals surface area (Å²) in [7, 11) is -3.55. The summed E-state index contributed by atoms with van der Waals surface area (Å²) in [4.78, 5) is 0.325. The number of allylic oxidation sites excluding steroid dienone is 2. The number of unbranched alkanes of at least 4 members (excludes halogenated alkanes) is 1. The number of sulfonamides is 1. The number of nitrogens with zero attached hydrogens (tertiary/aromatic N) is 3. The van der Waals surface area contributed by atoms with Gasteiger partial charge in [0, 0.05) is 16.9 Å². The van der Waals surface area contributed by atoms with Crippen LogP contribution in [0.25, 0.3) is 0 Å². The minimum absolute atomic E-state index is 0.0300. The van der Waals surface area contributed by atoms with Gasteiger partial charge in [0.25, 0.3) is 0 Å². The van der Waals surface area contributed by atoms with Gasteiger partial charge in [0.1, 0.15) is 0 Å². The molecule has 2 N–H and O–H groups in total. The quantitative estimate of drug-likeness (QED) is 0.390. The molecule has 0 radical (unpaired) electrons. The smallest absolute Gasteiger partial charge is 0.207 e. The molecule has 3 saturated carbocycles. The molecule has 7 nitrogen and oxygen atoms in total. The predicted molar refractivity (Wildman–Crippen MR) is 123 cm³/mol. The van der Waals surface area contributed by atoms with Crippen LogP contribution in [0.1, 0.15) is 51.8 Å². The molecule has 0 spiro atoms. The monoisotopic (exact) mass is 507 g/mol. The van der Waals surface area contributed by atoms with Gasteiger partial charge in [-0.15, -0.1) is 10.2 Å². The van der Waals surface area contributed by atoms with Crippen LogP contribution in [0.5, 0.6) is 0 Å². The largest absolute Gasteiger partial charge is 0.240 e. The lowest BCUT2D eigenvalue weighted by atomic mass is 9.45. The van der Waals surface area contributed by atoms with Crippen molar-refractivity contribution in [2.24, 2.45) is 23.2 Å². The molecule has 9 heteroatoms. The van der Waals surface area contributed by atoms with E-state index in [0.29, 0.717) is 22.6 Å². The Labute approximate surface area is 192 Å². The van der Waals surface area contributed by atoms with Gasteiger partial charge < -0.3 is 0 Å². The average Bonchev–Trinajstić information content (AvgIpc) is 3.24. The van der Waals surface area contributed by atoms with E-state index in [4.69, 9.17) is 0 Å². The number of aromatic amines is 1. The lowest BCUT2D eigenvalue weighted by molar-refractivity contribution is -0.108. The lowest BCUT2D eigenvalue weighted by Gasteiger charge is -2.62. The van der Waals surface area contributed by atoms with E-state index in [1.807, 2.05) is 0 Å². The summed E-state index contributed by atoms with van der Waals surface area (Å²) in [5.74, 6) is 2.14. The normalized spacial score (nSPS) is 27.3. The molecular weight excluding hydrogens is 478 g/mol. The zero-order valence-electron chi connectivity index (χ0n) is 18.0. The number of fused-ring (bicyclic) bond motifs is 2. The maximum absolute atomic E-state index is 13.1. The Hall–Kier alpha value is -1.58. The maximum atomic E-state index is 13.1. The minimum Gasteiger partial charge on any atom is -0.207 e. The standard InChI is InChI=1S/C22H30BrN5O2S/c1-22(2)16-13-15(7-5-3-4-6-8-20-24-27-28-25-20)21(19(22)14-16)26-31(29,30)18-11-9-17(23)10-12-18/h3,5,9-12,15-16,19,21,26H,4,6-8,13-14H2,1-2H3,(H,24,25,27,28)/t15-,16-,19+,21+/m0/s1. The summed E-state index contributed by atoms with van der Waals surface area (Å²) in [6, 6.07) is 6.82. The van der Waals surface area contributed by atoms with Crippen LogP contribution < -0.4 is 4.72 Å². The minimum atomic E-state index is -3.55. The van der Waals surface area contributed by atoms with Crippen LogP contribution in [-0.2, 0) is 16.4 Å². The van der Waals surface area contributed by atoms with Gasteiger partial charge in [-0.1, -0.05) is 47.1 Å². The molecule has 3 aliphatic carbocycles. The second kappa shape index (κ2) is 9.11. The van der Waals surface area contributed by atoms with Crippen LogP contribution in [0.2, 0.25) is 0 Å². The number of tetrazole rings is 1. The number of halogens is 1. The van der Waals surface area contributed by atoms with Gasteiger partial charge in [-0.05, 0) is 79.5 Å². The van der Waals surface area contributed by atoms with E-state index < -0.39 is 10.0 Å². The highest BCUT2D eigenvalue weighted by atomic mass is 79.9. The van der Waals surface area contributed by atoms with E-state index >= 15 is 0 Å². The summed E-state index contributed by atoms with van der Waals surface area (Å²) >= 11 is 3.37. The maximum Gasteiger partial charge on any atom is 0.240 e. The molecule has 4 atom stereocenters. The SMILES string of the molecule is CC1(C)[C@H]2C[C@H](CC=CCCCc3nn[nH]n3)[C@@H](NS(=O)(=O)c3ccc(Br)cc3)[C@H]1C2. The van der Waals surface area contributed by atoms with Crippen LogP contribution in [0, 0.1) is 23.2 Å². The summed E-state index contributed by atoms with van der Waals surface area (Å²) in [5.41, 5.74) is 0.192. The first-order valence-electron chi connectivity index (χ1n) is 10.9. The van der Waals surface area contributed by atoms with Crippen LogP contribution in [0.3, 0.4) is 0 Å². The predicted octanol–water partition coefficient (Wildman–Crippen LogP) is 4.26. The first kappa shape index (κ1) is 22.6. The average molecular weight is 508 g/mol. The molecule has 2 bridgehead atoms. The van der Waals surface area contributed by atoms with E-state index in [2.05, 4.69) is 67.3 Å². The Balaban J connectivity index is 1.39. The highest BCUT2D eigenvalue weighted by Crippen LogP contribution is 2.61. The second-order valence-electron chi connectivity index (χ2n) is 9.38. The van der Waals surface area contributed by atoms with Crippen LogP contribution in [0.15, 0.2) is 45.8 Å². The summed E-state index contributed by atoms with van der Waals surface area (Å²) in [6.07, 6.45) is 10.2. The van der Waals surface area contributed by atoms with Crippen molar-refractivity contribution in [2.75, 3.05) is 0 Å². The van der Waals surface area contributed by atoms with Crippen LogP contribution >= 0.6 is 15.9 Å². The topological polar surface area (TPSA) is 101 Å². The van der Waals surface area contributed by atoms with E-state index in [1.54, 1.807) is 24.3 Å². The van der Waals surface area contributed by atoms with E-state index in [9.17, 15) is 8.42 Å². The molecule has 3 aliphatic rings. The Morgan fingerprint density at radius 1 is 1.23 bits per heavy atom. The molecule has 0 unspecified atom stereocenters. The van der Waals surface area contributed by atoms with Crippen molar-refractivity contribution in [2.45, 2.75) is 63.3 Å². The molecular formula is C22H30BrN5O2S. The highest BCUT2D eigenvalue weighted by Gasteiger charge is 2.58. The number of hydrogen-bond acceptors (Lipinski definition) is 5. The first-order chi connectivity index (χ1) is 14.8. The molecule has 1 aromatic heterocycles. The number of hydrogen-bond donors (Lipinski definition) is 2. The number of aryl methyl sites for hydroxylation is 1. The molecule has 1 aromatic carbocycles. The fraction of sp³-hybridized carbons (Fsp3) is 0.591. The number of aromatic nitrogens is 4. The van der Waals surface area contributed by atoms with Crippen molar-refractivity contribution in [3.05, 3.63) is 46.7 Å². The molecule has 0 amide bonds. The third-order valence-corrected chi connectivity index (χ3v) is 9.26. The van der Waals surface area contributed by atoms with Gasteiger partial charge in [0.2, 0.25) is 10.0 Å². The molecule has 3 fully saturated rings. The van der Waals surface area contributed by atoms with Crippen molar-refractivity contribution in [1.82, 2.24) is 25.3 Å². The zero-order chi connectivity index (χ0) is 22.1. The first-order valence-corrected chi connectivity index (χ1v) is 13.2. The van der Waals surface area contributed by atoms with Gasteiger partial charge >= 0.3 is 0 Å². The molecule has 31 heavy (non-hydrogen) atoms. The molecule has 2 aromatic rings. The third-order valence-electron chi connectivity index (χ3n) is 7.26. The van der Waals surface area contributed by atoms with Crippen molar-refractivity contribution in [1.29, 1.82) is 0 Å². The second-order valence-corrected chi connectivity index (χ2v) is 12.0. The van der Waals surface area contributed by atoms with Crippen molar-refractivity contribution in [3.8, 4) is 0 Å². The Bertz CT molecular complexity index is 1010. The molecule has 1 heterocycles. The molecule has 5 rings (SSSR count). The summed E-state index contributed by atoms with van der Waals surface area (Å²) in [6.45, 7) is 4.58. The number of benzene rings is 1.